The summed E-state index contributed by atoms with van der Waals surface area (Å²) in [6.07, 6.45) is -3.41. The Balaban J connectivity index is -0.000000740. The first-order chi connectivity index (χ1) is 8.87. The molecule has 0 saturated heterocycles. The van der Waals surface area contributed by atoms with Gasteiger partial charge in [-0.25, -0.2) is 19.6 Å². The molecule has 0 saturated carbocycles. The van der Waals surface area contributed by atoms with Crippen LogP contribution in [0.5, 0.6) is 0 Å². The summed E-state index contributed by atoms with van der Waals surface area (Å²) in [4.78, 5) is 11.1. The number of allylic oxidation sites excluding steroid dienone is 1. The van der Waals surface area contributed by atoms with Crippen LogP contribution in [0.15, 0.2) is 12.7 Å². The van der Waals surface area contributed by atoms with Crippen LogP contribution in [0, 0.1) is 6.92 Å². The van der Waals surface area contributed by atoms with Gasteiger partial charge in [-0.2, -0.15) is 0 Å². The van der Waals surface area contributed by atoms with E-state index in [1.54, 1.807) is 0 Å². The average Bonchev–Trinajstić information content (AvgIpc) is 2.23. The molecule has 7 heteroatoms. The van der Waals surface area contributed by atoms with Crippen LogP contribution >= 0.6 is 7.49 Å². The average molecular weight is 422 g/mol. The standard InChI is InChI=1S/C11H22F3O2P.C3H5.Pd/c1-7(2)17(8(3)4,9(5)6)16-10(15)11(12,13)14;1-3-2;/h7-9,17H,1-6H3;3H,1-2H2;/q;-1;. The molecule has 0 aliphatic heterocycles. The molecule has 0 atom stereocenters. The van der Waals surface area contributed by atoms with Gasteiger partial charge in [0.1, 0.15) is 0 Å². The quantitative estimate of drug-likeness (QED) is 0.363. The van der Waals surface area contributed by atoms with Gasteiger partial charge in [0.05, 0.1) is 0 Å². The van der Waals surface area contributed by atoms with Gasteiger partial charge < -0.3 is 0 Å². The summed E-state index contributed by atoms with van der Waals surface area (Å²) in [6.45, 7) is 17.5. The van der Waals surface area contributed by atoms with Gasteiger partial charge in [-0.15, -0.1) is 0 Å². The fourth-order valence-electron chi connectivity index (χ4n) is 2.57. The number of carbonyl (C=O) groups excluding carboxylic acids is 1. The van der Waals surface area contributed by atoms with Crippen LogP contribution in [0.4, 0.5) is 13.2 Å². The first-order valence-electron chi connectivity index (χ1n) is 6.58. The Bertz CT molecular complexity index is 294. The van der Waals surface area contributed by atoms with Gasteiger partial charge in [0.25, 0.3) is 0 Å². The molecular formula is C14H27F3O2PPd-. The van der Waals surface area contributed by atoms with Gasteiger partial charge in [0.2, 0.25) is 0 Å². The van der Waals surface area contributed by atoms with Crippen molar-refractivity contribution in [2.45, 2.75) is 64.7 Å². The van der Waals surface area contributed by atoms with E-state index in [-0.39, 0.29) is 37.4 Å². The molecule has 0 aliphatic rings. The Morgan fingerprint density at radius 2 is 1.33 bits per heavy atom. The Kier molecular flexibility index (Phi) is 13.1. The van der Waals surface area contributed by atoms with Crippen molar-refractivity contribution in [2.75, 3.05) is 0 Å². The molecule has 2 nitrogen and oxygen atoms in total. The van der Waals surface area contributed by atoms with Crippen LogP contribution in [0.25, 0.3) is 0 Å². The molecule has 0 N–H and O–H groups in total. The zero-order valence-electron chi connectivity index (χ0n) is 13.5. The van der Waals surface area contributed by atoms with Crippen LogP contribution in [0.1, 0.15) is 41.5 Å². The van der Waals surface area contributed by atoms with Gasteiger partial charge in [0, 0.05) is 20.4 Å². The number of hydrogen-bond acceptors (Lipinski definition) is 2. The summed E-state index contributed by atoms with van der Waals surface area (Å²) < 4.78 is 41.9. The van der Waals surface area contributed by atoms with Gasteiger partial charge in [-0.1, -0.05) is 0 Å². The van der Waals surface area contributed by atoms with Crippen molar-refractivity contribution in [3.8, 4) is 0 Å². The third-order valence-corrected chi connectivity index (χ3v) is 9.16. The molecule has 0 spiro atoms. The Hall–Kier alpha value is -0.0377. The van der Waals surface area contributed by atoms with Crippen molar-refractivity contribution in [3.63, 3.8) is 0 Å². The van der Waals surface area contributed by atoms with E-state index in [4.69, 9.17) is 4.52 Å². The number of halogens is 3. The number of alkyl halides is 3. The molecule has 0 aliphatic carbocycles. The maximum absolute atomic E-state index is 12.3. The van der Waals surface area contributed by atoms with E-state index in [9.17, 15) is 18.0 Å². The van der Waals surface area contributed by atoms with E-state index in [0.717, 1.165) is 0 Å². The molecular weight excluding hydrogens is 395 g/mol. The minimum absolute atomic E-state index is 0. The summed E-state index contributed by atoms with van der Waals surface area (Å²) >= 11 is 0. The summed E-state index contributed by atoms with van der Waals surface area (Å²) in [5.74, 6) is -2.04. The van der Waals surface area contributed by atoms with E-state index in [1.165, 1.54) is 6.08 Å². The molecule has 0 heterocycles. The minimum Gasteiger partial charge on any atom is 0 e. The maximum Gasteiger partial charge on any atom is 0 e. The fourth-order valence-corrected chi connectivity index (χ4v) is 7.72. The molecule has 0 bridgehead atoms. The molecule has 0 unspecified atom stereocenters. The van der Waals surface area contributed by atoms with E-state index in [2.05, 4.69) is 13.5 Å². The molecule has 132 valence electrons. The van der Waals surface area contributed by atoms with Crippen molar-refractivity contribution in [1.29, 1.82) is 0 Å². The van der Waals surface area contributed by atoms with Crippen LogP contribution in [-0.4, -0.2) is 29.1 Å². The molecule has 0 aromatic carbocycles. The fraction of sp³-hybridized carbons (Fsp3) is 0.714. The second-order valence-corrected chi connectivity index (χ2v) is 10.9. The van der Waals surface area contributed by atoms with Gasteiger partial charge >= 0.3 is 101 Å². The molecule has 0 amide bonds. The first kappa shape index (κ1) is 25.9. The Morgan fingerprint density at radius 1 is 1.10 bits per heavy atom. The van der Waals surface area contributed by atoms with E-state index in [0.29, 0.717) is 0 Å². The predicted molar refractivity (Wildman–Crippen MR) is 81.4 cm³/mol. The van der Waals surface area contributed by atoms with E-state index in [1.807, 2.05) is 41.5 Å². The van der Waals surface area contributed by atoms with Gasteiger partial charge in [-0.3, -0.25) is 0 Å². The molecule has 0 rings (SSSR count). The third-order valence-electron chi connectivity index (χ3n) is 3.21. The van der Waals surface area contributed by atoms with Crippen molar-refractivity contribution >= 4 is 13.5 Å². The molecule has 0 radical (unpaired) electrons. The SMILES string of the molecule is C=C[CH2-].CC(C)[PH](OC(=O)C(F)(F)F)(C(C)C)C(C)C.[Pd]. The monoisotopic (exact) mass is 421 g/mol. The van der Waals surface area contributed by atoms with Crippen LogP contribution in [-0.2, 0) is 29.7 Å². The minimum atomic E-state index is -4.91. The second kappa shape index (κ2) is 10.6. The second-order valence-electron chi connectivity index (χ2n) is 5.49. The molecule has 0 fully saturated rings. The first-order valence-corrected chi connectivity index (χ1v) is 8.72. The smallest absolute Gasteiger partial charge is 0 e. The van der Waals surface area contributed by atoms with E-state index >= 15 is 0 Å². The summed E-state index contributed by atoms with van der Waals surface area (Å²) in [7, 11) is -2.77. The number of hydrogen-bond donors (Lipinski definition) is 0. The largest absolute Gasteiger partial charge is 0 e. The van der Waals surface area contributed by atoms with Crippen molar-refractivity contribution < 1.29 is 42.9 Å². The third kappa shape index (κ3) is 7.68. The normalized spacial score (nSPS) is 12.4. The van der Waals surface area contributed by atoms with Crippen molar-refractivity contribution in [3.05, 3.63) is 19.6 Å². The Morgan fingerprint density at radius 3 is 1.48 bits per heavy atom. The number of carbonyl (C=O) groups is 1. The molecule has 0 aromatic heterocycles. The van der Waals surface area contributed by atoms with Crippen LogP contribution in [0.3, 0.4) is 0 Å². The summed E-state index contributed by atoms with van der Waals surface area (Å²) in [5, 5.41) is 0. The predicted octanol–water partition coefficient (Wildman–Crippen LogP) is 4.99. The zero-order chi connectivity index (χ0) is 16.7. The maximum atomic E-state index is 12.3. The Labute approximate surface area is 141 Å². The summed E-state index contributed by atoms with van der Waals surface area (Å²) in [5.41, 5.74) is -0.142. The van der Waals surface area contributed by atoms with Crippen molar-refractivity contribution in [2.24, 2.45) is 0 Å². The van der Waals surface area contributed by atoms with Gasteiger partial charge in [-0.05, 0) is 0 Å². The topological polar surface area (TPSA) is 26.3 Å². The van der Waals surface area contributed by atoms with Crippen LogP contribution in [0.2, 0.25) is 0 Å². The summed E-state index contributed by atoms with van der Waals surface area (Å²) in [6, 6.07) is 0. The zero-order valence-corrected chi connectivity index (χ0v) is 16.0. The van der Waals surface area contributed by atoms with Crippen molar-refractivity contribution in [1.82, 2.24) is 0 Å². The van der Waals surface area contributed by atoms with Crippen LogP contribution < -0.4 is 0 Å². The molecule has 21 heavy (non-hydrogen) atoms. The number of rotatable bonds is 4. The molecule has 0 aromatic rings. The van der Waals surface area contributed by atoms with Gasteiger partial charge in [0.15, 0.2) is 0 Å². The van der Waals surface area contributed by atoms with E-state index < -0.39 is 19.6 Å².